The molecule has 1 aliphatic carbocycles. The van der Waals surface area contributed by atoms with Crippen LogP contribution in [0, 0.1) is 31.1 Å². The van der Waals surface area contributed by atoms with Gasteiger partial charge in [-0.25, -0.2) is 0 Å². The summed E-state index contributed by atoms with van der Waals surface area (Å²) in [4.78, 5) is 27.6. The van der Waals surface area contributed by atoms with Crippen LogP contribution in [-0.4, -0.2) is 52.7 Å². The molecule has 0 unspecified atom stereocenters. The molecule has 2 amide bonds. The molecule has 0 aromatic carbocycles. The zero-order valence-corrected chi connectivity index (χ0v) is 16.0. The van der Waals surface area contributed by atoms with Crippen molar-refractivity contribution in [3.8, 4) is 0 Å². The van der Waals surface area contributed by atoms with Gasteiger partial charge in [-0.1, -0.05) is 0 Å². The maximum atomic E-state index is 13.2. The summed E-state index contributed by atoms with van der Waals surface area (Å²) in [5.41, 5.74) is 2.71. The van der Waals surface area contributed by atoms with Gasteiger partial charge in [-0.3, -0.25) is 14.3 Å². The predicted molar refractivity (Wildman–Crippen MR) is 97.3 cm³/mol. The molecule has 142 valence electrons. The van der Waals surface area contributed by atoms with Gasteiger partial charge in [0.25, 0.3) is 0 Å². The second kappa shape index (κ2) is 6.37. The first-order chi connectivity index (χ1) is 12.5. The Morgan fingerprint density at radius 2 is 2.12 bits per heavy atom. The first kappa shape index (κ1) is 17.5. The van der Waals surface area contributed by atoms with Crippen LogP contribution < -0.4 is 10.6 Å². The van der Waals surface area contributed by atoms with Gasteiger partial charge >= 0.3 is 0 Å². The Balaban J connectivity index is 1.46. The minimum atomic E-state index is -0.479. The van der Waals surface area contributed by atoms with E-state index in [1.165, 1.54) is 0 Å². The van der Waals surface area contributed by atoms with Gasteiger partial charge < -0.3 is 15.5 Å². The highest BCUT2D eigenvalue weighted by Gasteiger charge is 2.56. The number of amides is 2. The van der Waals surface area contributed by atoms with Gasteiger partial charge in [0.05, 0.1) is 11.1 Å². The zero-order chi connectivity index (χ0) is 18.5. The van der Waals surface area contributed by atoms with E-state index in [1.54, 1.807) is 0 Å². The summed E-state index contributed by atoms with van der Waals surface area (Å²) < 4.78 is 1.97. The van der Waals surface area contributed by atoms with Gasteiger partial charge in [-0.05, 0) is 33.6 Å². The van der Waals surface area contributed by atoms with E-state index in [-0.39, 0.29) is 23.7 Å². The summed E-state index contributed by atoms with van der Waals surface area (Å²) >= 11 is 0. The number of carbonyl (C=O) groups is 2. The summed E-state index contributed by atoms with van der Waals surface area (Å²) in [6, 6.07) is 0. The quantitative estimate of drug-likeness (QED) is 0.807. The second-order valence-corrected chi connectivity index (χ2v) is 8.12. The Labute approximate surface area is 154 Å². The van der Waals surface area contributed by atoms with Gasteiger partial charge in [0, 0.05) is 62.4 Å². The third-order valence-corrected chi connectivity index (χ3v) is 6.47. The average Bonchev–Trinajstić information content (AvgIpc) is 3.20. The number of nitrogens with one attached hydrogen (secondary N) is 2. The maximum Gasteiger partial charge on any atom is 0.229 e. The Morgan fingerprint density at radius 1 is 1.35 bits per heavy atom. The van der Waals surface area contributed by atoms with Crippen molar-refractivity contribution in [1.29, 1.82) is 0 Å². The number of rotatable bonds is 5. The first-order valence-electron chi connectivity index (χ1n) is 9.77. The van der Waals surface area contributed by atoms with Gasteiger partial charge in [0.1, 0.15) is 0 Å². The van der Waals surface area contributed by atoms with Crippen molar-refractivity contribution in [2.75, 3.05) is 26.2 Å². The molecule has 3 heterocycles. The largest absolute Gasteiger partial charge is 0.351 e. The van der Waals surface area contributed by atoms with Crippen molar-refractivity contribution in [2.24, 2.45) is 17.3 Å². The van der Waals surface area contributed by atoms with Crippen LogP contribution in [0.4, 0.5) is 0 Å². The van der Waals surface area contributed by atoms with Crippen molar-refractivity contribution in [1.82, 2.24) is 25.3 Å². The van der Waals surface area contributed by atoms with Crippen LogP contribution in [0.3, 0.4) is 0 Å². The summed E-state index contributed by atoms with van der Waals surface area (Å²) in [7, 11) is 0. The zero-order valence-electron chi connectivity index (χ0n) is 16.0. The van der Waals surface area contributed by atoms with Gasteiger partial charge in [0.2, 0.25) is 11.8 Å². The molecule has 2 atom stereocenters. The van der Waals surface area contributed by atoms with Crippen molar-refractivity contribution >= 4 is 11.8 Å². The monoisotopic (exact) mass is 359 g/mol. The van der Waals surface area contributed by atoms with Crippen molar-refractivity contribution in [3.05, 3.63) is 17.0 Å². The lowest BCUT2D eigenvalue weighted by Gasteiger charge is -2.27. The average molecular weight is 359 g/mol. The van der Waals surface area contributed by atoms with E-state index in [0.717, 1.165) is 42.9 Å². The number of aromatic nitrogens is 2. The van der Waals surface area contributed by atoms with E-state index in [1.807, 2.05) is 16.5 Å². The van der Waals surface area contributed by atoms with E-state index in [0.29, 0.717) is 26.2 Å². The molecule has 7 nitrogen and oxygen atoms in total. The molecule has 0 spiro atoms. The lowest BCUT2D eigenvalue weighted by Crippen LogP contribution is -2.47. The molecule has 2 saturated heterocycles. The summed E-state index contributed by atoms with van der Waals surface area (Å²) in [6.45, 7) is 10.2. The number of likely N-dealkylation sites (tertiary alicyclic amines) is 1. The number of fused-ring (bicyclic) bond motifs is 1. The lowest BCUT2D eigenvalue weighted by molar-refractivity contribution is -0.134. The third-order valence-electron chi connectivity index (χ3n) is 6.47. The predicted octanol–water partition coefficient (Wildman–Crippen LogP) is 0.594. The standard InChI is InChI=1S/C19H29N5O2/c1-4-24-13(3)16(12(2)22-24)8-21-18(26)19-10-20-7-15(19)9-23(11-19)17(25)14-5-6-14/h14-15,20H,4-11H2,1-3H3,(H,21,26)/t15-,19-/m0/s1. The van der Waals surface area contributed by atoms with E-state index < -0.39 is 5.41 Å². The topological polar surface area (TPSA) is 79.3 Å². The number of carbonyl (C=O) groups excluding carboxylic acids is 2. The van der Waals surface area contributed by atoms with Crippen LogP contribution in [-0.2, 0) is 22.7 Å². The minimum absolute atomic E-state index is 0.0710. The molecule has 1 saturated carbocycles. The molecule has 2 N–H and O–H groups in total. The molecule has 2 aliphatic heterocycles. The Bertz CT molecular complexity index is 739. The molecule has 4 rings (SSSR count). The van der Waals surface area contributed by atoms with Crippen molar-refractivity contribution in [2.45, 2.75) is 46.7 Å². The summed E-state index contributed by atoms with van der Waals surface area (Å²) in [6.07, 6.45) is 2.02. The number of hydrogen-bond donors (Lipinski definition) is 2. The van der Waals surface area contributed by atoms with Crippen LogP contribution >= 0.6 is 0 Å². The number of aryl methyl sites for hydroxylation is 2. The fourth-order valence-electron chi connectivity index (χ4n) is 4.64. The van der Waals surface area contributed by atoms with Gasteiger partial charge in [-0.15, -0.1) is 0 Å². The van der Waals surface area contributed by atoms with E-state index in [9.17, 15) is 9.59 Å². The smallest absolute Gasteiger partial charge is 0.229 e. The van der Waals surface area contributed by atoms with E-state index in [2.05, 4.69) is 29.6 Å². The molecule has 3 aliphatic rings. The normalized spacial score (nSPS) is 27.7. The van der Waals surface area contributed by atoms with Crippen molar-refractivity contribution < 1.29 is 9.59 Å². The number of hydrogen-bond acceptors (Lipinski definition) is 4. The third kappa shape index (κ3) is 2.73. The first-order valence-corrected chi connectivity index (χ1v) is 9.77. The molecule has 1 aromatic rings. The van der Waals surface area contributed by atoms with Gasteiger partial charge in [0.15, 0.2) is 0 Å². The van der Waals surface area contributed by atoms with Crippen LogP contribution in [0.25, 0.3) is 0 Å². The van der Waals surface area contributed by atoms with Crippen LogP contribution in [0.1, 0.15) is 36.7 Å². The molecule has 26 heavy (non-hydrogen) atoms. The molecular weight excluding hydrogens is 330 g/mol. The maximum absolute atomic E-state index is 13.2. The molecule has 0 radical (unpaired) electrons. The highest BCUT2D eigenvalue weighted by atomic mass is 16.2. The Morgan fingerprint density at radius 3 is 2.77 bits per heavy atom. The highest BCUT2D eigenvalue weighted by molar-refractivity contribution is 5.87. The van der Waals surface area contributed by atoms with Crippen LogP contribution in [0.15, 0.2) is 0 Å². The van der Waals surface area contributed by atoms with Crippen LogP contribution in [0.2, 0.25) is 0 Å². The van der Waals surface area contributed by atoms with Crippen molar-refractivity contribution in [3.63, 3.8) is 0 Å². The summed E-state index contributed by atoms with van der Waals surface area (Å²) in [5.74, 6) is 0.752. The second-order valence-electron chi connectivity index (χ2n) is 8.12. The Hall–Kier alpha value is -1.89. The highest BCUT2D eigenvalue weighted by Crippen LogP contribution is 2.42. The molecule has 1 aromatic heterocycles. The summed E-state index contributed by atoms with van der Waals surface area (Å²) in [5, 5.41) is 11.1. The Kier molecular flexibility index (Phi) is 4.29. The number of nitrogens with zero attached hydrogens (tertiary/aromatic N) is 3. The van der Waals surface area contributed by atoms with E-state index in [4.69, 9.17) is 0 Å². The molecule has 7 heteroatoms. The van der Waals surface area contributed by atoms with Gasteiger partial charge in [-0.2, -0.15) is 5.10 Å². The minimum Gasteiger partial charge on any atom is -0.351 e. The lowest BCUT2D eigenvalue weighted by atomic mass is 9.80. The fourth-order valence-corrected chi connectivity index (χ4v) is 4.64. The van der Waals surface area contributed by atoms with E-state index >= 15 is 0 Å². The molecule has 0 bridgehead atoms. The fraction of sp³-hybridized carbons (Fsp3) is 0.737. The molecular formula is C19H29N5O2. The molecule has 3 fully saturated rings. The SMILES string of the molecule is CCn1nc(C)c(CNC(=O)[C@]23CNC[C@H]2CN(C(=O)C2CC2)C3)c1C. The van der Waals surface area contributed by atoms with Crippen LogP contribution in [0.5, 0.6) is 0 Å².